The van der Waals surface area contributed by atoms with Gasteiger partial charge in [0.2, 0.25) is 0 Å². The molecule has 0 N–H and O–H groups in total. The van der Waals surface area contributed by atoms with E-state index in [-0.39, 0.29) is 0 Å². The number of hydrogen-bond acceptors (Lipinski definition) is 0. The van der Waals surface area contributed by atoms with Gasteiger partial charge >= 0.3 is 11.8 Å². The molecule has 1 unspecified atom stereocenters. The van der Waals surface area contributed by atoms with Gasteiger partial charge in [0.05, 0.1) is 0 Å². The van der Waals surface area contributed by atoms with Gasteiger partial charge in [0, 0.05) is 6.42 Å². The molecule has 0 saturated heterocycles. The predicted octanol–water partition coefficient (Wildman–Crippen LogP) is 3.14. The summed E-state index contributed by atoms with van der Waals surface area (Å²) in [7, 11) is 0. The largest absolute Gasteiger partial charge is 0.343 e. The average molecular weight is 206 g/mol. The molecule has 0 rings (SSSR count). The fourth-order valence-electron chi connectivity index (χ4n) is 0.643. The highest BCUT2D eigenvalue weighted by atomic mass is 19.3. The smallest absolute Gasteiger partial charge is 0.248 e. The minimum atomic E-state index is -4.99. The molecule has 0 spiro atoms. The molecular formula is C7H8F6. The van der Waals surface area contributed by atoms with Crippen LogP contribution in [0.15, 0.2) is 12.7 Å². The molecular weight excluding hydrogens is 198 g/mol. The highest BCUT2D eigenvalue weighted by Gasteiger charge is 2.60. The summed E-state index contributed by atoms with van der Waals surface area (Å²) in [5.41, 5.74) is 0. The Hall–Kier alpha value is -0.680. The molecule has 0 nitrogen and oxygen atoms in total. The van der Waals surface area contributed by atoms with Gasteiger partial charge < -0.3 is 0 Å². The number of halogens is 6. The van der Waals surface area contributed by atoms with Gasteiger partial charge in [-0.2, -0.15) is 17.6 Å². The Morgan fingerprint density at radius 2 is 1.69 bits per heavy atom. The van der Waals surface area contributed by atoms with Gasteiger partial charge in [-0.1, -0.05) is 6.08 Å². The Kier molecular flexibility index (Phi) is 3.81. The van der Waals surface area contributed by atoms with Gasteiger partial charge in [0.25, 0.3) is 0 Å². The lowest BCUT2D eigenvalue weighted by Gasteiger charge is -2.26. The van der Waals surface area contributed by atoms with Crippen molar-refractivity contribution < 1.29 is 26.3 Å². The zero-order valence-electron chi connectivity index (χ0n) is 6.54. The fraction of sp³-hybridized carbons (Fsp3) is 0.714. The topological polar surface area (TPSA) is 0 Å². The highest BCUT2D eigenvalue weighted by molar-refractivity contribution is 4.94. The van der Waals surface area contributed by atoms with Crippen molar-refractivity contribution in [3.63, 3.8) is 0 Å². The van der Waals surface area contributed by atoms with Crippen LogP contribution in [0.5, 0.6) is 0 Å². The Morgan fingerprint density at radius 1 is 1.23 bits per heavy atom. The van der Waals surface area contributed by atoms with Crippen LogP contribution in [-0.2, 0) is 0 Å². The summed E-state index contributed by atoms with van der Waals surface area (Å²) in [5, 5.41) is 0. The molecule has 0 aromatic heterocycles. The van der Waals surface area contributed by atoms with E-state index < -0.39 is 31.1 Å². The summed E-state index contributed by atoms with van der Waals surface area (Å²) in [6.45, 7) is 0.676. The first-order valence-electron chi connectivity index (χ1n) is 3.36. The van der Waals surface area contributed by atoms with Crippen LogP contribution in [0.4, 0.5) is 26.3 Å². The quantitative estimate of drug-likeness (QED) is 0.478. The normalized spacial score (nSPS) is 15.5. The molecule has 0 aromatic carbocycles. The van der Waals surface area contributed by atoms with Crippen molar-refractivity contribution >= 4 is 0 Å². The highest BCUT2D eigenvalue weighted by Crippen LogP contribution is 2.41. The Balaban J connectivity index is 4.67. The summed E-state index contributed by atoms with van der Waals surface area (Å²) in [4.78, 5) is 0. The maximum Gasteiger partial charge on any atom is 0.343 e. The third-order valence-corrected chi connectivity index (χ3v) is 1.42. The number of rotatable bonds is 5. The first kappa shape index (κ1) is 12.3. The molecule has 0 bridgehead atoms. The van der Waals surface area contributed by atoms with Crippen molar-refractivity contribution in [3.8, 4) is 0 Å². The molecule has 0 heterocycles. The van der Waals surface area contributed by atoms with Crippen LogP contribution in [-0.4, -0.2) is 24.7 Å². The lowest BCUT2D eigenvalue weighted by atomic mass is 10.0. The van der Waals surface area contributed by atoms with E-state index >= 15 is 0 Å². The van der Waals surface area contributed by atoms with Crippen molar-refractivity contribution in [2.45, 2.75) is 24.4 Å². The Morgan fingerprint density at radius 3 is 2.00 bits per heavy atom. The molecule has 0 aliphatic rings. The molecule has 0 aliphatic heterocycles. The van der Waals surface area contributed by atoms with E-state index in [1.807, 2.05) is 0 Å². The van der Waals surface area contributed by atoms with Gasteiger partial charge in [-0.25, -0.2) is 8.78 Å². The van der Waals surface area contributed by atoms with E-state index in [0.717, 1.165) is 0 Å². The van der Waals surface area contributed by atoms with E-state index in [4.69, 9.17) is 0 Å². The maximum absolute atomic E-state index is 12.4. The fourth-order valence-corrected chi connectivity index (χ4v) is 0.643. The first-order chi connectivity index (χ1) is 5.79. The number of allylic oxidation sites excluding steroid dienone is 1. The lowest BCUT2D eigenvalue weighted by Crippen LogP contribution is -2.48. The first-order valence-corrected chi connectivity index (χ1v) is 3.36. The number of hydrogen-bond donors (Lipinski definition) is 0. The predicted molar refractivity (Wildman–Crippen MR) is 35.6 cm³/mol. The van der Waals surface area contributed by atoms with Crippen LogP contribution < -0.4 is 0 Å². The summed E-state index contributed by atoms with van der Waals surface area (Å²) < 4.78 is 73.1. The van der Waals surface area contributed by atoms with E-state index in [1.54, 1.807) is 0 Å². The molecule has 0 radical (unpaired) electrons. The van der Waals surface area contributed by atoms with Crippen LogP contribution in [0.1, 0.15) is 6.42 Å². The van der Waals surface area contributed by atoms with Crippen LogP contribution in [0.3, 0.4) is 0 Å². The molecule has 0 aromatic rings. The Labute approximate surface area is 71.2 Å². The molecule has 13 heavy (non-hydrogen) atoms. The zero-order chi connectivity index (χ0) is 10.7. The van der Waals surface area contributed by atoms with Gasteiger partial charge in [-0.3, -0.25) is 0 Å². The minimum absolute atomic E-state index is 0.527. The second kappa shape index (κ2) is 4.02. The summed E-state index contributed by atoms with van der Waals surface area (Å²) in [5.74, 6) is -9.59. The molecule has 0 amide bonds. The lowest BCUT2D eigenvalue weighted by molar-refractivity contribution is -0.238. The van der Waals surface area contributed by atoms with E-state index in [2.05, 4.69) is 6.58 Å². The molecule has 1 atom stereocenters. The van der Waals surface area contributed by atoms with E-state index in [1.165, 1.54) is 0 Å². The van der Waals surface area contributed by atoms with Crippen LogP contribution >= 0.6 is 0 Å². The van der Waals surface area contributed by atoms with Crippen molar-refractivity contribution in [1.29, 1.82) is 0 Å². The molecule has 78 valence electrons. The minimum Gasteiger partial charge on any atom is -0.248 e. The standard InChI is InChI=1S/C7H8F6/c1-2-3-6(10,11)7(12,13)5(9)4-8/h2,5H,1,3-4H2. The van der Waals surface area contributed by atoms with Crippen LogP contribution in [0, 0.1) is 0 Å². The van der Waals surface area contributed by atoms with Crippen molar-refractivity contribution in [3.05, 3.63) is 12.7 Å². The van der Waals surface area contributed by atoms with E-state index in [0.29, 0.717) is 6.08 Å². The second-order valence-electron chi connectivity index (χ2n) is 2.44. The summed E-state index contributed by atoms with van der Waals surface area (Å²) >= 11 is 0. The van der Waals surface area contributed by atoms with Crippen molar-refractivity contribution in [2.75, 3.05) is 6.67 Å². The number of alkyl halides is 6. The Bertz CT molecular complexity index is 176. The SMILES string of the molecule is C=CCC(F)(F)C(F)(F)C(F)CF. The maximum atomic E-state index is 12.4. The van der Waals surface area contributed by atoms with Gasteiger partial charge in [0.15, 0.2) is 6.17 Å². The molecule has 0 aliphatic carbocycles. The third-order valence-electron chi connectivity index (χ3n) is 1.42. The van der Waals surface area contributed by atoms with Crippen molar-refractivity contribution in [1.82, 2.24) is 0 Å². The van der Waals surface area contributed by atoms with Crippen LogP contribution in [0.2, 0.25) is 0 Å². The van der Waals surface area contributed by atoms with Crippen molar-refractivity contribution in [2.24, 2.45) is 0 Å². The van der Waals surface area contributed by atoms with Gasteiger partial charge in [-0.05, 0) is 0 Å². The molecule has 0 saturated carbocycles. The van der Waals surface area contributed by atoms with Gasteiger partial charge in [0.1, 0.15) is 6.67 Å². The molecule has 6 heteroatoms. The molecule has 0 fully saturated rings. The monoisotopic (exact) mass is 206 g/mol. The zero-order valence-corrected chi connectivity index (χ0v) is 6.54. The van der Waals surface area contributed by atoms with Gasteiger partial charge in [-0.15, -0.1) is 6.58 Å². The third kappa shape index (κ3) is 2.38. The summed E-state index contributed by atoms with van der Waals surface area (Å²) in [6, 6.07) is 0. The summed E-state index contributed by atoms with van der Waals surface area (Å²) in [6.07, 6.45) is -4.35. The average Bonchev–Trinajstić information content (AvgIpc) is 2.02. The van der Waals surface area contributed by atoms with E-state index in [9.17, 15) is 26.3 Å². The second-order valence-corrected chi connectivity index (χ2v) is 2.44. The van der Waals surface area contributed by atoms with Crippen LogP contribution in [0.25, 0.3) is 0 Å².